The Morgan fingerprint density at radius 3 is 2.36 bits per heavy atom. The first-order chi connectivity index (χ1) is 13.1. The van der Waals surface area contributed by atoms with E-state index in [0.29, 0.717) is 12.4 Å². The van der Waals surface area contributed by atoms with E-state index in [-0.39, 0.29) is 16.9 Å². The van der Waals surface area contributed by atoms with Crippen molar-refractivity contribution < 1.29 is 41.0 Å². The van der Waals surface area contributed by atoms with Crippen LogP contribution in [-0.2, 0) is 20.2 Å². The first kappa shape index (κ1) is 21.1. The van der Waals surface area contributed by atoms with Crippen LogP contribution < -0.4 is 4.74 Å². The van der Waals surface area contributed by atoms with Gasteiger partial charge in [-0.05, 0) is 6.07 Å². The molecule has 0 amide bonds. The normalized spacial score (nSPS) is 12.5. The summed E-state index contributed by atoms with van der Waals surface area (Å²) in [7, 11) is 2.41. The van der Waals surface area contributed by atoms with Gasteiger partial charge >= 0.3 is 18.1 Å². The smallest absolute Gasteiger partial charge is 0.459 e. The van der Waals surface area contributed by atoms with Crippen molar-refractivity contribution in [2.24, 2.45) is 0 Å². The van der Waals surface area contributed by atoms with Crippen LogP contribution in [0.5, 0.6) is 11.6 Å². The van der Waals surface area contributed by atoms with E-state index in [0.717, 1.165) is 13.4 Å². The van der Waals surface area contributed by atoms with Crippen molar-refractivity contribution in [1.82, 2.24) is 9.97 Å². The molecule has 0 fully saturated rings. The van der Waals surface area contributed by atoms with Gasteiger partial charge in [0.25, 0.3) is 0 Å². The van der Waals surface area contributed by atoms with Gasteiger partial charge in [-0.3, -0.25) is 0 Å². The molecule has 1 aromatic heterocycles. The first-order valence-electron chi connectivity index (χ1n) is 7.47. The van der Waals surface area contributed by atoms with Gasteiger partial charge in [-0.25, -0.2) is 14.8 Å². The lowest BCUT2D eigenvalue weighted by Crippen LogP contribution is -2.34. The van der Waals surface area contributed by atoms with Crippen molar-refractivity contribution in [1.29, 1.82) is 0 Å². The topological polar surface area (TPSA) is 70.5 Å². The van der Waals surface area contributed by atoms with Gasteiger partial charge in [-0.2, -0.15) is 22.0 Å². The zero-order chi connectivity index (χ0) is 20.9. The SMILES string of the molecule is CO/C=C(/C(=O)OC)c1ccccc1Oc1cc(C(F)(F)C(F)(F)F)ncn1. The van der Waals surface area contributed by atoms with Crippen molar-refractivity contribution in [2.75, 3.05) is 14.2 Å². The van der Waals surface area contributed by atoms with E-state index in [1.165, 1.54) is 31.4 Å². The van der Waals surface area contributed by atoms with Gasteiger partial charge in [0.2, 0.25) is 5.88 Å². The summed E-state index contributed by atoms with van der Waals surface area (Å²) in [6, 6.07) is 6.18. The second-order valence-corrected chi connectivity index (χ2v) is 5.17. The number of carbonyl (C=O) groups is 1. The lowest BCUT2D eigenvalue weighted by Gasteiger charge is -2.19. The van der Waals surface area contributed by atoms with Crippen LogP contribution in [0.25, 0.3) is 5.57 Å². The number of methoxy groups -OCH3 is 2. The Bertz CT molecular complexity index is 884. The number of ether oxygens (including phenoxy) is 3. The molecule has 0 unspecified atom stereocenters. The van der Waals surface area contributed by atoms with Gasteiger partial charge in [-0.15, -0.1) is 0 Å². The second-order valence-electron chi connectivity index (χ2n) is 5.17. The molecule has 0 saturated heterocycles. The van der Waals surface area contributed by atoms with E-state index in [2.05, 4.69) is 14.7 Å². The number of halogens is 5. The zero-order valence-corrected chi connectivity index (χ0v) is 14.5. The molecule has 28 heavy (non-hydrogen) atoms. The minimum absolute atomic E-state index is 0.0591. The molecule has 0 aliphatic carbocycles. The molecule has 0 spiro atoms. The van der Waals surface area contributed by atoms with Gasteiger partial charge in [0.05, 0.1) is 20.5 Å². The number of nitrogens with zero attached hydrogens (tertiary/aromatic N) is 2. The average Bonchev–Trinajstić information content (AvgIpc) is 2.65. The number of benzene rings is 1. The molecule has 0 bridgehead atoms. The summed E-state index contributed by atoms with van der Waals surface area (Å²) in [4.78, 5) is 18.4. The van der Waals surface area contributed by atoms with Crippen LogP contribution in [0.4, 0.5) is 22.0 Å². The third-order valence-electron chi connectivity index (χ3n) is 3.35. The lowest BCUT2D eigenvalue weighted by molar-refractivity contribution is -0.291. The number of alkyl halides is 5. The van der Waals surface area contributed by atoms with Crippen molar-refractivity contribution in [3.63, 3.8) is 0 Å². The van der Waals surface area contributed by atoms with Crippen LogP contribution in [-0.4, -0.2) is 36.3 Å². The highest BCUT2D eigenvalue weighted by molar-refractivity contribution is 6.17. The van der Waals surface area contributed by atoms with Gasteiger partial charge in [-0.1, -0.05) is 18.2 Å². The lowest BCUT2D eigenvalue weighted by atomic mass is 10.1. The van der Waals surface area contributed by atoms with E-state index in [1.54, 1.807) is 0 Å². The minimum atomic E-state index is -5.84. The predicted molar refractivity (Wildman–Crippen MR) is 85.5 cm³/mol. The minimum Gasteiger partial charge on any atom is -0.503 e. The molecule has 0 radical (unpaired) electrons. The number of rotatable bonds is 6. The molecule has 6 nitrogen and oxygen atoms in total. The standard InChI is InChI=1S/C17H13F5N2O4/c1-26-8-11(15(25)27-2)10-5-3-4-6-12(10)28-14-7-13(23-9-24-14)16(18,19)17(20,21)22/h3-9H,1-2H3/b11-8+. The molecule has 1 aromatic carbocycles. The number of para-hydroxylation sites is 1. The van der Waals surface area contributed by atoms with Gasteiger partial charge < -0.3 is 14.2 Å². The second kappa shape index (κ2) is 8.19. The summed E-state index contributed by atoms with van der Waals surface area (Å²) in [5, 5.41) is 0. The van der Waals surface area contributed by atoms with Gasteiger partial charge in [0.15, 0.2) is 0 Å². The molecule has 2 rings (SSSR count). The van der Waals surface area contributed by atoms with Gasteiger partial charge in [0.1, 0.15) is 23.3 Å². The monoisotopic (exact) mass is 404 g/mol. The molecule has 150 valence electrons. The number of hydrogen-bond acceptors (Lipinski definition) is 6. The fraction of sp³-hybridized carbons (Fsp3) is 0.235. The van der Waals surface area contributed by atoms with E-state index < -0.39 is 29.6 Å². The van der Waals surface area contributed by atoms with Crippen LogP contribution in [0.2, 0.25) is 0 Å². The van der Waals surface area contributed by atoms with Crippen molar-refractivity contribution in [3.8, 4) is 11.6 Å². The maximum atomic E-state index is 13.5. The van der Waals surface area contributed by atoms with E-state index in [9.17, 15) is 26.7 Å². The Kier molecular flexibility index (Phi) is 6.16. The molecular formula is C17H13F5N2O4. The van der Waals surface area contributed by atoms with Crippen LogP contribution in [0.1, 0.15) is 11.3 Å². The predicted octanol–water partition coefficient (Wildman–Crippen LogP) is 4.08. The molecule has 2 aromatic rings. The Hall–Kier alpha value is -3.24. The van der Waals surface area contributed by atoms with Crippen molar-refractivity contribution in [3.05, 3.63) is 54.2 Å². The third-order valence-corrected chi connectivity index (χ3v) is 3.35. The van der Waals surface area contributed by atoms with Crippen LogP contribution in [0.15, 0.2) is 42.9 Å². The highest BCUT2D eigenvalue weighted by Gasteiger charge is 2.60. The quantitative estimate of drug-likeness (QED) is 0.313. The fourth-order valence-electron chi connectivity index (χ4n) is 2.05. The molecule has 0 aliphatic heterocycles. The first-order valence-corrected chi connectivity index (χ1v) is 7.47. The summed E-state index contributed by atoms with van der Waals surface area (Å²) in [6.07, 6.45) is -4.26. The molecule has 1 heterocycles. The molecule has 0 saturated carbocycles. The number of aromatic nitrogens is 2. The maximum Gasteiger partial charge on any atom is 0.459 e. The highest BCUT2D eigenvalue weighted by atomic mass is 19.4. The number of carbonyl (C=O) groups excluding carboxylic acids is 1. The summed E-state index contributed by atoms with van der Waals surface area (Å²) < 4.78 is 79.4. The number of esters is 1. The molecule has 0 N–H and O–H groups in total. The summed E-state index contributed by atoms with van der Waals surface area (Å²) in [5.41, 5.74) is -1.52. The Morgan fingerprint density at radius 1 is 1.07 bits per heavy atom. The Labute approximate surface area is 155 Å². The molecule has 0 atom stereocenters. The Balaban J connectivity index is 2.45. The fourth-order valence-corrected chi connectivity index (χ4v) is 2.05. The molecule has 11 heteroatoms. The van der Waals surface area contributed by atoms with Crippen LogP contribution in [0.3, 0.4) is 0 Å². The summed E-state index contributed by atoms with van der Waals surface area (Å²) in [6.45, 7) is 0. The molecular weight excluding hydrogens is 391 g/mol. The van der Waals surface area contributed by atoms with E-state index in [4.69, 9.17) is 9.47 Å². The van der Waals surface area contributed by atoms with E-state index in [1.807, 2.05) is 0 Å². The maximum absolute atomic E-state index is 13.5. The number of hydrogen-bond donors (Lipinski definition) is 0. The van der Waals surface area contributed by atoms with E-state index >= 15 is 0 Å². The Morgan fingerprint density at radius 2 is 1.75 bits per heavy atom. The zero-order valence-electron chi connectivity index (χ0n) is 14.5. The van der Waals surface area contributed by atoms with Gasteiger partial charge in [0, 0.05) is 11.6 Å². The summed E-state index contributed by atoms with van der Waals surface area (Å²) >= 11 is 0. The van der Waals surface area contributed by atoms with Crippen LogP contribution >= 0.6 is 0 Å². The van der Waals surface area contributed by atoms with Crippen molar-refractivity contribution in [2.45, 2.75) is 12.1 Å². The largest absolute Gasteiger partial charge is 0.503 e. The highest BCUT2D eigenvalue weighted by Crippen LogP contribution is 2.43. The van der Waals surface area contributed by atoms with Crippen molar-refractivity contribution >= 4 is 11.5 Å². The third kappa shape index (κ3) is 4.35. The summed E-state index contributed by atoms with van der Waals surface area (Å²) in [5.74, 6) is -6.62. The molecule has 0 aliphatic rings. The van der Waals surface area contributed by atoms with Crippen LogP contribution in [0, 0.1) is 0 Å². The average molecular weight is 404 g/mol.